The molecule has 3 aromatic rings. The number of benzene rings is 2. The van der Waals surface area contributed by atoms with Gasteiger partial charge in [0.25, 0.3) is 0 Å². The van der Waals surface area contributed by atoms with Crippen molar-refractivity contribution in [1.29, 1.82) is 0 Å². The number of nitrogens with zero attached hydrogens (tertiary/aromatic N) is 1. The average Bonchev–Trinajstić information content (AvgIpc) is 3.06. The van der Waals surface area contributed by atoms with Gasteiger partial charge in [-0.25, -0.2) is 0 Å². The highest BCUT2D eigenvalue weighted by Gasteiger charge is 2.24. The lowest BCUT2D eigenvalue weighted by atomic mass is 10.0. The van der Waals surface area contributed by atoms with E-state index in [1.165, 1.54) is 16.7 Å². The fourth-order valence-corrected chi connectivity index (χ4v) is 2.83. The standard InChI is InChI=1S/C17H12N2O/c20-10-11-5-7-12(8-6-11)16-15-9-13-3-1-2-4-14(13)17(15)19-18-16/h1-8,10H,9H2,(H,18,19). The Kier molecular flexibility index (Phi) is 2.33. The average molecular weight is 260 g/mol. The third-order valence-corrected chi connectivity index (χ3v) is 3.84. The first kappa shape index (κ1) is 11.2. The number of hydrogen-bond donors (Lipinski definition) is 1. The second-order valence-corrected chi connectivity index (χ2v) is 5.00. The first-order valence-corrected chi connectivity index (χ1v) is 6.58. The maximum atomic E-state index is 10.7. The highest BCUT2D eigenvalue weighted by molar-refractivity contribution is 5.82. The summed E-state index contributed by atoms with van der Waals surface area (Å²) in [6.07, 6.45) is 1.77. The van der Waals surface area contributed by atoms with Gasteiger partial charge in [-0.15, -0.1) is 0 Å². The molecule has 96 valence electrons. The predicted molar refractivity (Wildman–Crippen MR) is 77.7 cm³/mol. The van der Waals surface area contributed by atoms with Gasteiger partial charge in [-0.2, -0.15) is 5.10 Å². The van der Waals surface area contributed by atoms with E-state index in [0.29, 0.717) is 5.56 Å². The molecule has 0 amide bonds. The Balaban J connectivity index is 1.82. The van der Waals surface area contributed by atoms with Crippen LogP contribution < -0.4 is 0 Å². The van der Waals surface area contributed by atoms with Gasteiger partial charge >= 0.3 is 0 Å². The second kappa shape index (κ2) is 4.17. The van der Waals surface area contributed by atoms with E-state index in [1.807, 2.05) is 30.3 Å². The maximum absolute atomic E-state index is 10.7. The molecule has 0 unspecified atom stereocenters. The van der Waals surface area contributed by atoms with E-state index in [9.17, 15) is 4.79 Å². The molecule has 1 aliphatic carbocycles. The van der Waals surface area contributed by atoms with E-state index in [-0.39, 0.29) is 0 Å². The first-order valence-electron chi connectivity index (χ1n) is 6.58. The van der Waals surface area contributed by atoms with Gasteiger partial charge < -0.3 is 0 Å². The number of hydrogen-bond acceptors (Lipinski definition) is 2. The van der Waals surface area contributed by atoms with Crippen LogP contribution in [-0.2, 0) is 6.42 Å². The van der Waals surface area contributed by atoms with Gasteiger partial charge in [-0.1, -0.05) is 48.5 Å². The van der Waals surface area contributed by atoms with Crippen molar-refractivity contribution in [1.82, 2.24) is 10.2 Å². The van der Waals surface area contributed by atoms with Gasteiger partial charge in [-0.05, 0) is 5.56 Å². The van der Waals surface area contributed by atoms with Crippen LogP contribution in [0.3, 0.4) is 0 Å². The fourth-order valence-electron chi connectivity index (χ4n) is 2.83. The molecule has 3 heteroatoms. The Labute approximate surface area is 116 Å². The maximum Gasteiger partial charge on any atom is 0.150 e. The molecule has 0 saturated heterocycles. The van der Waals surface area contributed by atoms with Gasteiger partial charge in [0.2, 0.25) is 0 Å². The molecule has 0 atom stereocenters. The molecule has 3 nitrogen and oxygen atoms in total. The zero-order chi connectivity index (χ0) is 13.5. The topological polar surface area (TPSA) is 45.8 Å². The summed E-state index contributed by atoms with van der Waals surface area (Å²) in [5.41, 5.74) is 7.64. The van der Waals surface area contributed by atoms with Crippen LogP contribution >= 0.6 is 0 Å². The number of nitrogens with one attached hydrogen (secondary N) is 1. The van der Waals surface area contributed by atoms with Crippen LogP contribution in [0.1, 0.15) is 21.5 Å². The molecule has 20 heavy (non-hydrogen) atoms. The summed E-state index contributed by atoms with van der Waals surface area (Å²) in [6.45, 7) is 0. The first-order chi connectivity index (χ1) is 9.86. The molecule has 0 aliphatic heterocycles. The van der Waals surface area contributed by atoms with Crippen LogP contribution in [0, 0.1) is 0 Å². The molecule has 4 rings (SSSR count). The van der Waals surface area contributed by atoms with Crippen molar-refractivity contribution in [3.63, 3.8) is 0 Å². The van der Waals surface area contributed by atoms with E-state index >= 15 is 0 Å². The lowest BCUT2D eigenvalue weighted by Crippen LogP contribution is -1.87. The smallest absolute Gasteiger partial charge is 0.150 e. The van der Waals surface area contributed by atoms with Crippen LogP contribution in [0.5, 0.6) is 0 Å². The van der Waals surface area contributed by atoms with Gasteiger partial charge in [0, 0.05) is 28.7 Å². The Hall–Kier alpha value is -2.68. The summed E-state index contributed by atoms with van der Waals surface area (Å²) in [6, 6.07) is 15.9. The predicted octanol–water partition coefficient (Wildman–Crippen LogP) is 3.46. The molecule has 1 aromatic heterocycles. The van der Waals surface area contributed by atoms with E-state index in [2.05, 4.69) is 28.4 Å². The Morgan fingerprint density at radius 2 is 1.85 bits per heavy atom. The number of aromatic amines is 1. The minimum absolute atomic E-state index is 0.684. The number of aromatic nitrogens is 2. The number of carbonyl (C=O) groups is 1. The molecule has 1 N–H and O–H groups in total. The molecule has 0 fully saturated rings. The fraction of sp³-hybridized carbons (Fsp3) is 0.0588. The number of rotatable bonds is 2. The normalized spacial score (nSPS) is 12.0. The summed E-state index contributed by atoms with van der Waals surface area (Å²) < 4.78 is 0. The van der Waals surface area contributed by atoms with Crippen molar-refractivity contribution in [3.8, 4) is 22.5 Å². The van der Waals surface area contributed by atoms with E-state index in [4.69, 9.17) is 0 Å². The van der Waals surface area contributed by atoms with Gasteiger partial charge in [-0.3, -0.25) is 9.89 Å². The summed E-state index contributed by atoms with van der Waals surface area (Å²) in [7, 11) is 0. The van der Waals surface area contributed by atoms with Crippen molar-refractivity contribution in [3.05, 3.63) is 65.2 Å². The lowest BCUT2D eigenvalue weighted by Gasteiger charge is -2.00. The molecule has 0 radical (unpaired) electrons. The summed E-state index contributed by atoms with van der Waals surface area (Å²) in [5, 5.41) is 7.60. The zero-order valence-electron chi connectivity index (χ0n) is 10.8. The minimum Gasteiger partial charge on any atom is -0.298 e. The lowest BCUT2D eigenvalue weighted by molar-refractivity contribution is 0.112. The van der Waals surface area contributed by atoms with Crippen molar-refractivity contribution in [2.75, 3.05) is 0 Å². The third-order valence-electron chi connectivity index (χ3n) is 3.84. The van der Waals surface area contributed by atoms with Crippen LogP contribution in [0.2, 0.25) is 0 Å². The van der Waals surface area contributed by atoms with Crippen LogP contribution in [0.15, 0.2) is 48.5 Å². The molecule has 2 aromatic carbocycles. The van der Waals surface area contributed by atoms with Crippen molar-refractivity contribution >= 4 is 6.29 Å². The van der Waals surface area contributed by atoms with E-state index < -0.39 is 0 Å². The van der Waals surface area contributed by atoms with E-state index in [0.717, 1.165) is 29.7 Å². The van der Waals surface area contributed by atoms with Gasteiger partial charge in [0.15, 0.2) is 0 Å². The van der Waals surface area contributed by atoms with Crippen LogP contribution in [0.4, 0.5) is 0 Å². The molecule has 1 heterocycles. The van der Waals surface area contributed by atoms with Crippen molar-refractivity contribution < 1.29 is 4.79 Å². The summed E-state index contributed by atoms with van der Waals surface area (Å²) in [5.74, 6) is 0. The molecule has 0 saturated carbocycles. The van der Waals surface area contributed by atoms with Crippen molar-refractivity contribution in [2.45, 2.75) is 6.42 Å². The zero-order valence-corrected chi connectivity index (χ0v) is 10.8. The number of carbonyl (C=O) groups excluding carboxylic acids is 1. The largest absolute Gasteiger partial charge is 0.298 e. The summed E-state index contributed by atoms with van der Waals surface area (Å²) in [4.78, 5) is 10.7. The quantitative estimate of drug-likeness (QED) is 0.561. The Morgan fingerprint density at radius 3 is 2.65 bits per heavy atom. The summed E-state index contributed by atoms with van der Waals surface area (Å²) >= 11 is 0. The SMILES string of the molecule is O=Cc1ccc(-c2n[nH]c3c2Cc2ccccc2-3)cc1. The highest BCUT2D eigenvalue weighted by Crippen LogP contribution is 2.39. The Bertz CT molecular complexity index is 800. The Morgan fingerprint density at radius 1 is 1.05 bits per heavy atom. The number of H-pyrrole nitrogens is 1. The van der Waals surface area contributed by atoms with E-state index in [1.54, 1.807) is 0 Å². The second-order valence-electron chi connectivity index (χ2n) is 5.00. The number of aldehydes is 1. The van der Waals surface area contributed by atoms with Crippen LogP contribution in [-0.4, -0.2) is 16.5 Å². The van der Waals surface area contributed by atoms with Crippen molar-refractivity contribution in [2.24, 2.45) is 0 Å². The molecular formula is C17H12N2O. The van der Waals surface area contributed by atoms with Gasteiger partial charge in [0.1, 0.15) is 6.29 Å². The monoisotopic (exact) mass is 260 g/mol. The minimum atomic E-state index is 0.684. The molecular weight excluding hydrogens is 248 g/mol. The number of fused-ring (bicyclic) bond motifs is 3. The van der Waals surface area contributed by atoms with Gasteiger partial charge in [0.05, 0.1) is 11.4 Å². The molecule has 0 bridgehead atoms. The molecule has 0 spiro atoms. The third kappa shape index (κ3) is 1.53. The van der Waals surface area contributed by atoms with Crippen LogP contribution in [0.25, 0.3) is 22.5 Å². The molecule has 1 aliphatic rings. The highest BCUT2D eigenvalue weighted by atomic mass is 16.1.